The van der Waals surface area contributed by atoms with Gasteiger partial charge in [0.25, 0.3) is 5.91 Å². The van der Waals surface area contributed by atoms with E-state index in [0.717, 1.165) is 12.0 Å². The first kappa shape index (κ1) is 11.7. The summed E-state index contributed by atoms with van der Waals surface area (Å²) in [4.78, 5) is 11.7. The SMILES string of the molecule is Cc1ccc(C(=O)NC(C)CCN)cc1. The largest absolute Gasteiger partial charge is 0.350 e. The molecular weight excluding hydrogens is 188 g/mol. The molecule has 0 radical (unpaired) electrons. The second-order valence-electron chi connectivity index (χ2n) is 3.82. The third-order valence-electron chi connectivity index (χ3n) is 2.29. The highest BCUT2D eigenvalue weighted by atomic mass is 16.1. The summed E-state index contributed by atoms with van der Waals surface area (Å²) in [5.74, 6) is -0.0315. The van der Waals surface area contributed by atoms with E-state index in [9.17, 15) is 4.79 Å². The highest BCUT2D eigenvalue weighted by molar-refractivity contribution is 5.94. The van der Waals surface area contributed by atoms with Crippen LogP contribution in [0, 0.1) is 6.92 Å². The maximum absolute atomic E-state index is 11.7. The maximum Gasteiger partial charge on any atom is 0.251 e. The van der Waals surface area contributed by atoms with E-state index in [1.807, 2.05) is 38.1 Å². The van der Waals surface area contributed by atoms with E-state index in [2.05, 4.69) is 5.32 Å². The van der Waals surface area contributed by atoms with Gasteiger partial charge in [-0.15, -0.1) is 0 Å². The van der Waals surface area contributed by atoms with Crippen LogP contribution in [0.25, 0.3) is 0 Å². The molecule has 0 aliphatic heterocycles. The predicted molar refractivity (Wildman–Crippen MR) is 61.8 cm³/mol. The zero-order chi connectivity index (χ0) is 11.3. The van der Waals surface area contributed by atoms with E-state index < -0.39 is 0 Å². The summed E-state index contributed by atoms with van der Waals surface area (Å²) in [6.07, 6.45) is 0.803. The summed E-state index contributed by atoms with van der Waals surface area (Å²) >= 11 is 0. The average molecular weight is 206 g/mol. The van der Waals surface area contributed by atoms with Crippen LogP contribution >= 0.6 is 0 Å². The first-order valence-corrected chi connectivity index (χ1v) is 5.21. The van der Waals surface area contributed by atoms with Crippen molar-refractivity contribution in [3.8, 4) is 0 Å². The van der Waals surface area contributed by atoms with Gasteiger partial charge in [0.1, 0.15) is 0 Å². The van der Waals surface area contributed by atoms with Gasteiger partial charge in [0.05, 0.1) is 0 Å². The Morgan fingerprint density at radius 2 is 2.00 bits per heavy atom. The number of nitrogens with two attached hydrogens (primary N) is 1. The molecular formula is C12H18N2O. The molecule has 1 aromatic rings. The molecule has 0 aromatic heterocycles. The molecule has 0 aliphatic rings. The second kappa shape index (κ2) is 5.51. The Morgan fingerprint density at radius 1 is 1.40 bits per heavy atom. The van der Waals surface area contributed by atoms with Crippen LogP contribution in [0.5, 0.6) is 0 Å². The third-order valence-corrected chi connectivity index (χ3v) is 2.29. The summed E-state index contributed by atoms with van der Waals surface area (Å²) in [6, 6.07) is 7.66. The lowest BCUT2D eigenvalue weighted by atomic mass is 10.1. The van der Waals surface area contributed by atoms with Gasteiger partial charge in [-0.25, -0.2) is 0 Å². The van der Waals surface area contributed by atoms with E-state index in [1.165, 1.54) is 0 Å². The van der Waals surface area contributed by atoms with Crippen LogP contribution in [0.3, 0.4) is 0 Å². The summed E-state index contributed by atoms with van der Waals surface area (Å²) in [5, 5.41) is 2.90. The first-order valence-electron chi connectivity index (χ1n) is 5.21. The lowest BCUT2D eigenvalue weighted by molar-refractivity contribution is 0.0939. The molecule has 15 heavy (non-hydrogen) atoms. The molecule has 1 unspecified atom stereocenters. The highest BCUT2D eigenvalue weighted by Gasteiger charge is 2.08. The summed E-state index contributed by atoms with van der Waals surface area (Å²) < 4.78 is 0. The number of amides is 1. The first-order chi connectivity index (χ1) is 7.13. The molecule has 82 valence electrons. The Hall–Kier alpha value is -1.35. The van der Waals surface area contributed by atoms with Gasteiger partial charge in [-0.05, 0) is 38.9 Å². The number of hydrogen-bond donors (Lipinski definition) is 2. The normalized spacial score (nSPS) is 12.2. The number of aryl methyl sites for hydroxylation is 1. The van der Waals surface area contributed by atoms with Crippen LogP contribution in [0.2, 0.25) is 0 Å². The number of benzene rings is 1. The quantitative estimate of drug-likeness (QED) is 0.783. The van der Waals surface area contributed by atoms with Crippen molar-refractivity contribution in [1.82, 2.24) is 5.32 Å². The van der Waals surface area contributed by atoms with Crippen molar-refractivity contribution in [3.63, 3.8) is 0 Å². The number of nitrogens with one attached hydrogen (secondary N) is 1. The van der Waals surface area contributed by atoms with Gasteiger partial charge < -0.3 is 11.1 Å². The molecule has 0 heterocycles. The Labute approximate surface area is 90.7 Å². The minimum atomic E-state index is -0.0315. The standard InChI is InChI=1S/C12H18N2O/c1-9-3-5-11(6-4-9)12(15)14-10(2)7-8-13/h3-6,10H,7-8,13H2,1-2H3,(H,14,15). The van der Waals surface area contributed by atoms with Gasteiger partial charge in [-0.2, -0.15) is 0 Å². The highest BCUT2D eigenvalue weighted by Crippen LogP contribution is 2.03. The van der Waals surface area contributed by atoms with Crippen molar-refractivity contribution in [2.45, 2.75) is 26.3 Å². The van der Waals surface area contributed by atoms with Crippen molar-refractivity contribution in [3.05, 3.63) is 35.4 Å². The molecule has 1 amide bonds. The summed E-state index contributed by atoms with van der Waals surface area (Å²) in [6.45, 7) is 4.55. The van der Waals surface area contributed by atoms with Gasteiger partial charge in [0.15, 0.2) is 0 Å². The topological polar surface area (TPSA) is 55.1 Å². The number of carbonyl (C=O) groups is 1. The van der Waals surface area contributed by atoms with Crippen LogP contribution in [0.15, 0.2) is 24.3 Å². The maximum atomic E-state index is 11.7. The van der Waals surface area contributed by atoms with Crippen molar-refractivity contribution < 1.29 is 4.79 Å². The van der Waals surface area contributed by atoms with Gasteiger partial charge in [-0.1, -0.05) is 17.7 Å². The van der Waals surface area contributed by atoms with Gasteiger partial charge in [-0.3, -0.25) is 4.79 Å². The molecule has 3 N–H and O–H groups in total. The van der Waals surface area contributed by atoms with Gasteiger partial charge in [0, 0.05) is 11.6 Å². The summed E-state index contributed by atoms with van der Waals surface area (Å²) in [7, 11) is 0. The smallest absolute Gasteiger partial charge is 0.251 e. The molecule has 0 aliphatic carbocycles. The van der Waals surface area contributed by atoms with E-state index in [4.69, 9.17) is 5.73 Å². The average Bonchev–Trinajstić information content (AvgIpc) is 2.18. The summed E-state index contributed by atoms with van der Waals surface area (Å²) in [5.41, 5.74) is 7.27. The molecule has 0 saturated heterocycles. The fraction of sp³-hybridized carbons (Fsp3) is 0.417. The Morgan fingerprint density at radius 3 is 2.53 bits per heavy atom. The Kier molecular flexibility index (Phi) is 4.31. The van der Waals surface area contributed by atoms with Crippen LogP contribution in [0.4, 0.5) is 0 Å². The Balaban J connectivity index is 2.57. The zero-order valence-electron chi connectivity index (χ0n) is 9.29. The minimum absolute atomic E-state index is 0.0315. The molecule has 0 spiro atoms. The van der Waals surface area contributed by atoms with Gasteiger partial charge in [0.2, 0.25) is 0 Å². The fourth-order valence-electron chi connectivity index (χ4n) is 1.33. The minimum Gasteiger partial charge on any atom is -0.350 e. The van der Waals surface area contributed by atoms with Crippen LogP contribution in [-0.2, 0) is 0 Å². The lowest BCUT2D eigenvalue weighted by Gasteiger charge is -2.12. The Bertz CT molecular complexity index is 319. The molecule has 1 atom stereocenters. The number of carbonyl (C=O) groups excluding carboxylic acids is 1. The van der Waals surface area contributed by atoms with Gasteiger partial charge >= 0.3 is 0 Å². The zero-order valence-corrected chi connectivity index (χ0v) is 9.29. The van der Waals surface area contributed by atoms with Crippen molar-refractivity contribution in [2.75, 3.05) is 6.54 Å². The molecule has 3 heteroatoms. The molecule has 0 fully saturated rings. The van der Waals surface area contributed by atoms with Crippen LogP contribution in [0.1, 0.15) is 29.3 Å². The predicted octanol–water partition coefficient (Wildman–Crippen LogP) is 1.46. The lowest BCUT2D eigenvalue weighted by Crippen LogP contribution is -2.33. The molecule has 1 rings (SSSR count). The van der Waals surface area contributed by atoms with Crippen molar-refractivity contribution in [2.24, 2.45) is 5.73 Å². The van der Waals surface area contributed by atoms with E-state index in [0.29, 0.717) is 12.1 Å². The van der Waals surface area contributed by atoms with Crippen LogP contribution < -0.4 is 11.1 Å². The molecule has 3 nitrogen and oxygen atoms in total. The monoisotopic (exact) mass is 206 g/mol. The molecule has 0 saturated carbocycles. The second-order valence-corrected chi connectivity index (χ2v) is 3.82. The number of rotatable bonds is 4. The number of hydrogen-bond acceptors (Lipinski definition) is 2. The third kappa shape index (κ3) is 3.72. The molecule has 0 bridgehead atoms. The van der Waals surface area contributed by atoms with Crippen LogP contribution in [-0.4, -0.2) is 18.5 Å². The van der Waals surface area contributed by atoms with E-state index in [-0.39, 0.29) is 11.9 Å². The molecule has 1 aromatic carbocycles. The van der Waals surface area contributed by atoms with E-state index >= 15 is 0 Å². The fourth-order valence-corrected chi connectivity index (χ4v) is 1.33. The van der Waals surface area contributed by atoms with Crippen molar-refractivity contribution in [1.29, 1.82) is 0 Å². The van der Waals surface area contributed by atoms with E-state index in [1.54, 1.807) is 0 Å². The van der Waals surface area contributed by atoms with Crippen molar-refractivity contribution >= 4 is 5.91 Å².